The summed E-state index contributed by atoms with van der Waals surface area (Å²) in [7, 11) is 0. The van der Waals surface area contributed by atoms with Gasteiger partial charge < -0.3 is 9.88 Å². The van der Waals surface area contributed by atoms with E-state index >= 15 is 0 Å². The Balaban J connectivity index is 1.67. The summed E-state index contributed by atoms with van der Waals surface area (Å²) >= 11 is 1.58. The molecule has 0 bridgehead atoms. The first-order valence-corrected chi connectivity index (χ1v) is 11.1. The van der Waals surface area contributed by atoms with Gasteiger partial charge in [-0.05, 0) is 37.1 Å². The van der Waals surface area contributed by atoms with Crippen LogP contribution in [0.15, 0.2) is 72.1 Å². The lowest BCUT2D eigenvalue weighted by Gasteiger charge is -2.20. The molecule has 31 heavy (non-hydrogen) atoms. The number of imidazole rings is 1. The van der Waals surface area contributed by atoms with E-state index in [2.05, 4.69) is 35.4 Å². The second-order valence-corrected chi connectivity index (χ2v) is 8.24. The topological polar surface area (TPSA) is 59.8 Å². The van der Waals surface area contributed by atoms with Gasteiger partial charge in [0.15, 0.2) is 5.16 Å². The van der Waals surface area contributed by atoms with E-state index in [9.17, 15) is 9.18 Å². The van der Waals surface area contributed by atoms with Crippen molar-refractivity contribution in [2.45, 2.75) is 37.2 Å². The Bertz CT molecular complexity index is 1220. The molecule has 0 saturated carbocycles. The van der Waals surface area contributed by atoms with Crippen molar-refractivity contribution in [1.29, 1.82) is 0 Å². The Labute approximate surface area is 184 Å². The third-order valence-electron chi connectivity index (χ3n) is 5.04. The van der Waals surface area contributed by atoms with E-state index in [0.717, 1.165) is 21.9 Å². The normalized spacial score (nSPS) is 12.1. The largest absolute Gasteiger partial charge is 0.322 e. The molecule has 0 spiro atoms. The minimum absolute atomic E-state index is 0.169. The van der Waals surface area contributed by atoms with E-state index in [1.54, 1.807) is 42.4 Å². The van der Waals surface area contributed by atoms with Crippen molar-refractivity contribution >= 4 is 34.4 Å². The van der Waals surface area contributed by atoms with E-state index in [0.29, 0.717) is 6.42 Å². The molecule has 0 fully saturated rings. The molecule has 0 aliphatic heterocycles. The number of anilines is 1. The van der Waals surface area contributed by atoms with Crippen molar-refractivity contribution in [3.8, 4) is 0 Å². The van der Waals surface area contributed by atoms with Crippen molar-refractivity contribution in [1.82, 2.24) is 14.5 Å². The molecule has 2 aromatic heterocycles. The first kappa shape index (κ1) is 21.1. The van der Waals surface area contributed by atoms with Crippen LogP contribution in [0.1, 0.15) is 30.5 Å². The summed E-state index contributed by atoms with van der Waals surface area (Å²) in [6.07, 6.45) is 3.94. The van der Waals surface area contributed by atoms with Crippen molar-refractivity contribution in [2.75, 3.05) is 5.32 Å². The maximum Gasteiger partial charge on any atom is 0.247 e. The predicted octanol–water partition coefficient (Wildman–Crippen LogP) is 5.76. The van der Waals surface area contributed by atoms with Gasteiger partial charge in [0, 0.05) is 11.9 Å². The molecule has 4 rings (SSSR count). The number of hydrogen-bond donors (Lipinski definition) is 1. The number of amides is 1. The van der Waals surface area contributed by atoms with Crippen LogP contribution < -0.4 is 5.32 Å². The molecule has 0 unspecified atom stereocenters. The number of aromatic nitrogens is 3. The van der Waals surface area contributed by atoms with Crippen LogP contribution in [0.3, 0.4) is 0 Å². The Morgan fingerprint density at radius 3 is 2.81 bits per heavy atom. The second-order valence-electron chi connectivity index (χ2n) is 7.30. The van der Waals surface area contributed by atoms with Gasteiger partial charge in [-0.3, -0.25) is 9.78 Å². The Kier molecular flexibility index (Phi) is 6.32. The first-order chi connectivity index (χ1) is 15.1. The number of nitrogens with one attached hydrogen (secondary N) is 1. The fourth-order valence-corrected chi connectivity index (χ4v) is 4.54. The van der Waals surface area contributed by atoms with E-state index < -0.39 is 11.9 Å². The molecule has 0 saturated heterocycles. The van der Waals surface area contributed by atoms with Gasteiger partial charge in [-0.1, -0.05) is 60.6 Å². The number of hydrogen-bond acceptors (Lipinski definition) is 4. The summed E-state index contributed by atoms with van der Waals surface area (Å²) in [5.41, 5.74) is 4.11. The lowest BCUT2D eigenvalue weighted by Crippen LogP contribution is -2.26. The van der Waals surface area contributed by atoms with E-state index in [-0.39, 0.29) is 11.6 Å². The zero-order chi connectivity index (χ0) is 21.8. The van der Waals surface area contributed by atoms with Crippen molar-refractivity contribution < 1.29 is 9.18 Å². The number of nitrogens with zero attached hydrogens (tertiary/aromatic N) is 3. The van der Waals surface area contributed by atoms with Crippen LogP contribution in [0.2, 0.25) is 0 Å². The van der Waals surface area contributed by atoms with Crippen LogP contribution in [0.5, 0.6) is 0 Å². The van der Waals surface area contributed by atoms with Gasteiger partial charge in [0.2, 0.25) is 5.91 Å². The number of aryl methyl sites for hydroxylation is 1. The van der Waals surface area contributed by atoms with Crippen LogP contribution >= 0.6 is 11.8 Å². The number of halogens is 1. The van der Waals surface area contributed by atoms with E-state index in [1.165, 1.54) is 17.2 Å². The van der Waals surface area contributed by atoms with Crippen LogP contribution in [0, 0.1) is 12.7 Å². The van der Waals surface area contributed by atoms with Gasteiger partial charge in [-0.25, -0.2) is 9.37 Å². The summed E-state index contributed by atoms with van der Waals surface area (Å²) < 4.78 is 16.0. The zero-order valence-corrected chi connectivity index (χ0v) is 18.2. The number of para-hydroxylation sites is 1. The SMILES string of the molecule is CC[C@H](C(=O)Nc1ccccc1F)n1c(SCc2cccc(C)c2)nc2ccncc21. The van der Waals surface area contributed by atoms with Crippen molar-refractivity contribution in [3.63, 3.8) is 0 Å². The molecule has 1 atom stereocenters. The molecular weight excluding hydrogens is 411 g/mol. The number of thioether (sulfide) groups is 1. The molecule has 1 N–H and O–H groups in total. The molecule has 4 aromatic rings. The summed E-state index contributed by atoms with van der Waals surface area (Å²) in [5.74, 6) is -0.0193. The fraction of sp³-hybridized carbons (Fsp3) is 0.208. The van der Waals surface area contributed by atoms with Gasteiger partial charge in [0.1, 0.15) is 11.9 Å². The lowest BCUT2D eigenvalue weighted by molar-refractivity contribution is -0.119. The van der Waals surface area contributed by atoms with Crippen LogP contribution in [-0.4, -0.2) is 20.4 Å². The molecule has 1 amide bonds. The number of fused-ring (bicyclic) bond motifs is 1. The highest BCUT2D eigenvalue weighted by atomic mass is 32.2. The maximum absolute atomic E-state index is 14.1. The Morgan fingerprint density at radius 2 is 2.03 bits per heavy atom. The number of pyridine rings is 1. The third-order valence-corrected chi connectivity index (χ3v) is 6.07. The van der Waals surface area contributed by atoms with Gasteiger partial charge in [-0.15, -0.1) is 0 Å². The van der Waals surface area contributed by atoms with Crippen molar-refractivity contribution in [2.24, 2.45) is 0 Å². The van der Waals surface area contributed by atoms with E-state index in [1.807, 2.05) is 23.6 Å². The fourth-order valence-electron chi connectivity index (χ4n) is 3.54. The monoisotopic (exact) mass is 434 g/mol. The highest BCUT2D eigenvalue weighted by molar-refractivity contribution is 7.98. The third kappa shape index (κ3) is 4.61. The highest BCUT2D eigenvalue weighted by Crippen LogP contribution is 2.31. The molecule has 0 aliphatic rings. The minimum Gasteiger partial charge on any atom is -0.322 e. The van der Waals surface area contributed by atoms with Gasteiger partial charge in [0.25, 0.3) is 0 Å². The van der Waals surface area contributed by atoms with Crippen LogP contribution in [-0.2, 0) is 10.5 Å². The molecular formula is C24H23FN4OS. The molecule has 2 heterocycles. The average Bonchev–Trinajstić information content (AvgIpc) is 3.13. The molecule has 2 aromatic carbocycles. The molecule has 158 valence electrons. The number of benzene rings is 2. The quantitative estimate of drug-likeness (QED) is 0.376. The summed E-state index contributed by atoms with van der Waals surface area (Å²) in [4.78, 5) is 22.1. The van der Waals surface area contributed by atoms with Crippen LogP contribution in [0.4, 0.5) is 10.1 Å². The van der Waals surface area contributed by atoms with E-state index in [4.69, 9.17) is 4.98 Å². The van der Waals surface area contributed by atoms with Gasteiger partial charge in [-0.2, -0.15) is 0 Å². The Hall–Kier alpha value is -3.19. The molecule has 0 aliphatic carbocycles. The number of carbonyl (C=O) groups is 1. The first-order valence-electron chi connectivity index (χ1n) is 10.1. The number of rotatable bonds is 7. The molecule has 0 radical (unpaired) electrons. The number of carbonyl (C=O) groups excluding carboxylic acids is 1. The lowest BCUT2D eigenvalue weighted by atomic mass is 10.2. The summed E-state index contributed by atoms with van der Waals surface area (Å²) in [6.45, 7) is 4.00. The van der Waals surface area contributed by atoms with Crippen LogP contribution in [0.25, 0.3) is 11.0 Å². The smallest absolute Gasteiger partial charge is 0.247 e. The zero-order valence-electron chi connectivity index (χ0n) is 17.4. The Morgan fingerprint density at radius 1 is 1.19 bits per heavy atom. The highest BCUT2D eigenvalue weighted by Gasteiger charge is 2.25. The standard InChI is InChI=1S/C24H23FN4OS/c1-3-21(23(30)27-19-10-5-4-9-18(19)25)29-22-14-26-12-11-20(22)28-24(29)31-15-17-8-6-7-16(2)13-17/h4-14,21H,3,15H2,1-2H3,(H,27,30)/t21-/m1/s1. The second kappa shape index (κ2) is 9.31. The van der Waals surface area contributed by atoms with Gasteiger partial charge in [0.05, 0.1) is 22.9 Å². The molecule has 5 nitrogen and oxygen atoms in total. The minimum atomic E-state index is -0.547. The average molecular weight is 435 g/mol. The molecule has 7 heteroatoms. The van der Waals surface area contributed by atoms with Gasteiger partial charge >= 0.3 is 0 Å². The maximum atomic E-state index is 14.1. The summed E-state index contributed by atoms with van der Waals surface area (Å²) in [6, 6.07) is 15.8. The predicted molar refractivity (Wildman–Crippen MR) is 123 cm³/mol. The summed E-state index contributed by atoms with van der Waals surface area (Å²) in [5, 5.41) is 3.47. The van der Waals surface area contributed by atoms with Crippen molar-refractivity contribution in [3.05, 3.63) is 83.9 Å².